The van der Waals surface area contributed by atoms with Crippen LogP contribution >= 0.6 is 27.4 Å². The zero-order valence-electron chi connectivity index (χ0n) is 4.72. The number of rotatable bonds is 0. The third-order valence-electron chi connectivity index (χ3n) is 0. The smallest absolute Gasteiger partial charge is 1.00 e. The summed E-state index contributed by atoms with van der Waals surface area (Å²) in [5.74, 6) is 0. The molecule has 0 saturated carbocycles. The Labute approximate surface area is 92.4 Å². The van der Waals surface area contributed by atoms with Crippen LogP contribution in [-0.4, -0.2) is 0 Å². The Kier molecular flexibility index (Phi) is 336. The second kappa shape index (κ2) is 102. The molecule has 0 fully saturated rings. The molecule has 0 spiro atoms. The van der Waals surface area contributed by atoms with E-state index >= 15 is 0 Å². The molecule has 0 heterocycles. The molecule has 0 amide bonds. The molecule has 0 unspecified atom stereocenters. The maximum atomic E-state index is 8.06. The zero-order valence-corrected chi connectivity index (χ0v) is 9.85. The summed E-state index contributed by atoms with van der Waals surface area (Å²) in [6.45, 7) is 0. The van der Waals surface area contributed by atoms with Crippen LogP contribution in [-0.2, 0) is 13.7 Å². The van der Waals surface area contributed by atoms with Crippen LogP contribution in [0, 0.1) is 0 Å². The second-order valence-electron chi connectivity index (χ2n) is 0. The minimum Gasteiger partial charge on any atom is -1.00 e. The molecule has 0 radical (unpaired) electrons. The van der Waals surface area contributed by atoms with Crippen molar-refractivity contribution in [3.63, 3.8) is 0 Å². The van der Waals surface area contributed by atoms with E-state index in [9.17, 15) is 0 Å². The molecule has 0 rings (SSSR count). The van der Waals surface area contributed by atoms with Gasteiger partial charge in [0.05, 0.1) is 0 Å². The molecule has 38 valence electrons. The fourth-order valence-electron chi connectivity index (χ4n) is 0. The molecule has 0 atom stereocenters. The van der Waals surface area contributed by atoms with Crippen molar-refractivity contribution in [2.75, 3.05) is 0 Å². The predicted octanol–water partition coefficient (Wildman–Crippen LogP) is -1.46. The monoisotopic (exact) mass is 184 g/mol. The van der Waals surface area contributed by atoms with Crippen LogP contribution in [0.5, 0.6) is 0 Å². The molecule has 3 nitrogen and oxygen atoms in total. The topological polar surface area (TPSA) is 51.2 Å². The summed E-state index contributed by atoms with van der Waals surface area (Å²) in [7, 11) is 5.17. The summed E-state index contributed by atoms with van der Waals surface area (Å²) in [6, 6.07) is 0. The van der Waals surface area contributed by atoms with E-state index in [1.165, 1.54) is 0 Å². The first-order valence-corrected chi connectivity index (χ1v) is 1.84. The van der Waals surface area contributed by atoms with Gasteiger partial charge in [0.15, 0.2) is 0 Å². The van der Waals surface area contributed by atoms with Crippen molar-refractivity contribution < 1.29 is 66.5 Å². The van der Waals surface area contributed by atoms with Crippen molar-refractivity contribution in [1.29, 1.82) is 0 Å². The normalized spacial score (nSPS) is 1.71. The van der Waals surface area contributed by atoms with Crippen LogP contribution in [0.4, 0.5) is 0 Å². The molecule has 0 aliphatic carbocycles. The second-order valence-corrected chi connectivity index (χ2v) is 0. The largest absolute Gasteiger partial charge is 1.00 e. The number of hydrogen-bond donors (Lipinski definition) is 0. The maximum Gasteiger partial charge on any atom is 1.00 e. The van der Waals surface area contributed by atoms with Gasteiger partial charge in [-0.1, -0.05) is 0 Å². The molecule has 0 aliphatic heterocycles. The summed E-state index contributed by atoms with van der Waals surface area (Å²) >= 11 is 0. The van der Waals surface area contributed by atoms with Crippen LogP contribution in [0.3, 0.4) is 0 Å². The quantitative estimate of drug-likeness (QED) is 0.341. The Morgan fingerprint density at radius 1 is 0.714 bits per heavy atom. The summed E-state index contributed by atoms with van der Waals surface area (Å²) in [6.07, 6.45) is 0. The Morgan fingerprint density at radius 3 is 0.714 bits per heavy atom. The van der Waals surface area contributed by atoms with Crippen molar-refractivity contribution in [2.24, 2.45) is 0 Å². The Hall–Kier alpha value is 1.94. The van der Waals surface area contributed by atoms with Gasteiger partial charge in [-0.15, -0.1) is 0 Å². The molecular formula is H4KO3P3. The third-order valence-corrected chi connectivity index (χ3v) is 0. The average Bonchev–Trinajstić information content (AvgIpc) is 1.81. The molecular weight excluding hydrogens is 180 g/mol. The predicted molar refractivity (Wildman–Crippen MR) is 28.1 cm³/mol. The minimum atomic E-state index is 0. The van der Waals surface area contributed by atoms with Crippen molar-refractivity contribution in [3.8, 4) is 0 Å². The van der Waals surface area contributed by atoms with E-state index in [-0.39, 0.29) is 52.8 Å². The molecule has 0 aromatic carbocycles. The number of hydrogen-bond acceptors (Lipinski definition) is 3. The van der Waals surface area contributed by atoms with Gasteiger partial charge in [0, 0.05) is 0 Å². The van der Waals surface area contributed by atoms with Gasteiger partial charge in [-0.2, -0.15) is 0 Å². The van der Waals surface area contributed by atoms with Gasteiger partial charge < -0.3 is 1.43 Å². The molecule has 0 aliphatic rings. The molecule has 7 heteroatoms. The van der Waals surface area contributed by atoms with E-state index in [0.29, 0.717) is 0 Å². The summed E-state index contributed by atoms with van der Waals surface area (Å²) in [5, 5.41) is 0. The van der Waals surface area contributed by atoms with Crippen molar-refractivity contribution >= 4 is 27.4 Å². The van der Waals surface area contributed by atoms with Gasteiger partial charge in [-0.3, -0.25) is 13.7 Å². The Bertz CT molecular complexity index is 19.2. The van der Waals surface area contributed by atoms with Crippen LogP contribution in [0.25, 0.3) is 0 Å². The molecule has 0 saturated heterocycles. The van der Waals surface area contributed by atoms with E-state index in [1.807, 2.05) is 0 Å². The molecule has 0 bridgehead atoms. The first-order valence-electron chi connectivity index (χ1n) is 0.612. The van der Waals surface area contributed by atoms with Crippen LogP contribution in [0.2, 0.25) is 0 Å². The van der Waals surface area contributed by atoms with Gasteiger partial charge in [-0.05, 0) is 0 Å². The molecule has 7 heavy (non-hydrogen) atoms. The van der Waals surface area contributed by atoms with E-state index in [1.54, 1.807) is 27.4 Å². The van der Waals surface area contributed by atoms with E-state index < -0.39 is 0 Å². The van der Waals surface area contributed by atoms with Gasteiger partial charge in [-0.25, -0.2) is 0 Å². The van der Waals surface area contributed by atoms with Crippen molar-refractivity contribution in [2.45, 2.75) is 0 Å². The SMILES string of the molecule is O=P.O=P.O=P.[H-].[K+]. The summed E-state index contributed by atoms with van der Waals surface area (Å²) < 4.78 is 24.2. The molecule has 0 aromatic heterocycles. The van der Waals surface area contributed by atoms with Gasteiger partial charge in [0.25, 0.3) is 0 Å². The van der Waals surface area contributed by atoms with E-state index in [2.05, 4.69) is 0 Å². The Balaban J connectivity index is -0.00000000500. The third kappa shape index (κ3) is 74.6. The zero-order chi connectivity index (χ0) is 6.00. The minimum absolute atomic E-state index is 0. The average molecular weight is 184 g/mol. The summed E-state index contributed by atoms with van der Waals surface area (Å²) in [5.41, 5.74) is 0. The van der Waals surface area contributed by atoms with Crippen LogP contribution in [0.1, 0.15) is 1.43 Å². The molecule has 0 aromatic rings. The first-order chi connectivity index (χ1) is 3.00. The first kappa shape index (κ1) is 23.1. The van der Waals surface area contributed by atoms with Gasteiger partial charge in [0.1, 0.15) is 27.4 Å². The van der Waals surface area contributed by atoms with Crippen LogP contribution < -0.4 is 51.4 Å². The van der Waals surface area contributed by atoms with E-state index in [0.717, 1.165) is 0 Å². The molecule has 0 N–H and O–H groups in total. The van der Waals surface area contributed by atoms with Crippen molar-refractivity contribution in [3.05, 3.63) is 0 Å². The fraction of sp³-hybridized carbons (Fsp3) is 0. The van der Waals surface area contributed by atoms with Gasteiger partial charge >= 0.3 is 51.4 Å². The Morgan fingerprint density at radius 2 is 0.714 bits per heavy atom. The van der Waals surface area contributed by atoms with Crippen LogP contribution in [0.15, 0.2) is 0 Å². The van der Waals surface area contributed by atoms with Gasteiger partial charge in [0.2, 0.25) is 0 Å². The summed E-state index contributed by atoms with van der Waals surface area (Å²) in [4.78, 5) is 0. The van der Waals surface area contributed by atoms with Crippen molar-refractivity contribution in [1.82, 2.24) is 0 Å². The standard InChI is InChI=1S/K.3HOP.H/c;3*1-2;/h;3*2H;/q+1;;;;-1. The van der Waals surface area contributed by atoms with E-state index in [4.69, 9.17) is 13.7 Å². The fourth-order valence-corrected chi connectivity index (χ4v) is 0. The maximum absolute atomic E-state index is 8.06.